The zero-order valence-corrected chi connectivity index (χ0v) is 16.8. The van der Waals surface area contributed by atoms with Gasteiger partial charge in [0.15, 0.2) is 0 Å². The second-order valence-electron chi connectivity index (χ2n) is 7.68. The Labute approximate surface area is 149 Å². The number of unbranched alkanes of at least 4 members (excludes halogenated alkanes) is 1. The summed E-state index contributed by atoms with van der Waals surface area (Å²) in [6.45, 7) is 14.9. The Morgan fingerprint density at radius 1 is 1.21 bits per heavy atom. The highest BCUT2D eigenvalue weighted by molar-refractivity contribution is 5.38. The average molecular weight is 336 g/mol. The van der Waals surface area contributed by atoms with E-state index in [0.717, 1.165) is 25.8 Å². The van der Waals surface area contributed by atoms with Crippen molar-refractivity contribution in [3.05, 3.63) is 34.9 Å². The first-order valence-corrected chi connectivity index (χ1v) is 9.81. The number of likely N-dealkylation sites (tertiary alicyclic amines) is 1. The predicted molar refractivity (Wildman–Crippen MR) is 105 cm³/mol. The number of halogens is 1. The van der Waals surface area contributed by atoms with Gasteiger partial charge in [-0.15, -0.1) is 0 Å². The molecule has 0 aromatic heterocycles. The molecule has 0 aromatic rings. The van der Waals surface area contributed by atoms with Crippen LogP contribution in [0.4, 0.5) is 4.39 Å². The largest absolute Gasteiger partial charge is 0.293 e. The molecule has 0 bridgehead atoms. The molecule has 2 heteroatoms. The molecule has 1 aliphatic heterocycles. The summed E-state index contributed by atoms with van der Waals surface area (Å²) in [6.07, 6.45) is 12.8. The van der Waals surface area contributed by atoms with Crippen LogP contribution in [0.1, 0.15) is 73.6 Å². The molecule has 1 saturated heterocycles. The molecule has 24 heavy (non-hydrogen) atoms. The van der Waals surface area contributed by atoms with Crippen LogP contribution < -0.4 is 0 Å². The third-order valence-electron chi connectivity index (χ3n) is 4.98. The molecule has 1 heterocycles. The molecule has 1 atom stereocenters. The summed E-state index contributed by atoms with van der Waals surface area (Å²) in [6, 6.07) is 0. The second-order valence-corrected chi connectivity index (χ2v) is 7.68. The smallest absolute Gasteiger partial charge is 0.133 e. The highest BCUT2D eigenvalue weighted by atomic mass is 19.1. The molecule has 0 N–H and O–H groups in total. The third kappa shape index (κ3) is 6.93. The van der Waals surface area contributed by atoms with Crippen LogP contribution in [0.25, 0.3) is 0 Å². The number of nitrogens with zero attached hydrogens (tertiary/aromatic N) is 1. The van der Waals surface area contributed by atoms with E-state index in [9.17, 15) is 4.39 Å². The topological polar surface area (TPSA) is 3.24 Å². The maximum absolute atomic E-state index is 13.7. The Balaban J connectivity index is 2.91. The van der Waals surface area contributed by atoms with Crippen LogP contribution in [-0.4, -0.2) is 30.2 Å². The van der Waals surface area contributed by atoms with Crippen molar-refractivity contribution in [2.24, 2.45) is 5.92 Å². The first kappa shape index (κ1) is 21.2. The minimum Gasteiger partial charge on any atom is -0.293 e. The maximum Gasteiger partial charge on any atom is 0.133 e. The highest BCUT2D eigenvalue weighted by Crippen LogP contribution is 2.28. The molecular weight excluding hydrogens is 297 g/mol. The molecule has 0 amide bonds. The van der Waals surface area contributed by atoms with Gasteiger partial charge in [0.2, 0.25) is 0 Å². The van der Waals surface area contributed by atoms with E-state index in [1.807, 2.05) is 0 Å². The summed E-state index contributed by atoms with van der Waals surface area (Å²) >= 11 is 0. The number of hydrogen-bond acceptors (Lipinski definition) is 1. The fourth-order valence-corrected chi connectivity index (χ4v) is 3.32. The molecule has 1 rings (SSSR count). The quantitative estimate of drug-likeness (QED) is 0.413. The van der Waals surface area contributed by atoms with Crippen molar-refractivity contribution in [3.63, 3.8) is 0 Å². The summed E-state index contributed by atoms with van der Waals surface area (Å²) in [5, 5.41) is 0. The lowest BCUT2D eigenvalue weighted by Gasteiger charge is -2.42. The van der Waals surface area contributed by atoms with Crippen molar-refractivity contribution in [2.75, 3.05) is 19.6 Å². The van der Waals surface area contributed by atoms with Gasteiger partial charge in [-0.1, -0.05) is 58.8 Å². The van der Waals surface area contributed by atoms with Crippen LogP contribution in [0.2, 0.25) is 0 Å². The lowest BCUT2D eigenvalue weighted by Crippen LogP contribution is -2.57. The van der Waals surface area contributed by atoms with E-state index in [4.69, 9.17) is 0 Å². The first-order valence-electron chi connectivity index (χ1n) is 9.81. The number of alkyl halides is 1. The molecule has 1 nitrogen and oxygen atoms in total. The van der Waals surface area contributed by atoms with Gasteiger partial charge in [0.05, 0.1) is 0 Å². The fraction of sp³-hybridized carbons (Fsp3) is 0.727. The molecule has 0 radical (unpaired) electrons. The van der Waals surface area contributed by atoms with Crippen LogP contribution in [0, 0.1) is 5.92 Å². The molecule has 0 aliphatic carbocycles. The van der Waals surface area contributed by atoms with Gasteiger partial charge in [0.25, 0.3) is 0 Å². The van der Waals surface area contributed by atoms with Gasteiger partial charge in [0, 0.05) is 19.6 Å². The van der Waals surface area contributed by atoms with Gasteiger partial charge >= 0.3 is 0 Å². The van der Waals surface area contributed by atoms with Gasteiger partial charge in [-0.3, -0.25) is 4.90 Å². The molecular formula is C22H38FN. The van der Waals surface area contributed by atoms with E-state index in [1.54, 1.807) is 6.92 Å². The Morgan fingerprint density at radius 2 is 1.88 bits per heavy atom. The zero-order chi connectivity index (χ0) is 18.2. The van der Waals surface area contributed by atoms with E-state index < -0.39 is 5.67 Å². The predicted octanol–water partition coefficient (Wildman–Crippen LogP) is 6.48. The molecule has 1 aliphatic rings. The fourth-order valence-electron chi connectivity index (χ4n) is 3.32. The van der Waals surface area contributed by atoms with Gasteiger partial charge in [-0.05, 0) is 55.7 Å². The first-order chi connectivity index (χ1) is 11.3. The number of hydrogen-bond donors (Lipinski definition) is 0. The van der Waals surface area contributed by atoms with E-state index in [1.165, 1.54) is 29.6 Å². The summed E-state index contributed by atoms with van der Waals surface area (Å²) in [4.78, 5) is 2.20. The molecule has 0 spiro atoms. The Kier molecular flexibility index (Phi) is 8.97. The van der Waals surface area contributed by atoms with Crippen LogP contribution in [0.5, 0.6) is 0 Å². The van der Waals surface area contributed by atoms with E-state index in [2.05, 4.69) is 57.7 Å². The van der Waals surface area contributed by atoms with Crippen LogP contribution in [0.15, 0.2) is 34.9 Å². The standard InChI is InChI=1S/C22H38FN/c1-7-11-12-20(10-4)21(13-18(5)8-2)14-19(9-3)15-24-16-22(6,23)17-24/h9,12,14,18H,7-8,10-11,13,15-17H2,1-6H3/b19-9+,20-12+,21-14-. The van der Waals surface area contributed by atoms with Crippen molar-refractivity contribution >= 4 is 0 Å². The van der Waals surface area contributed by atoms with Gasteiger partial charge in [-0.2, -0.15) is 0 Å². The normalized spacial score (nSPS) is 20.9. The minimum atomic E-state index is -0.988. The van der Waals surface area contributed by atoms with Gasteiger partial charge in [0.1, 0.15) is 5.67 Å². The van der Waals surface area contributed by atoms with Crippen molar-refractivity contribution in [1.29, 1.82) is 0 Å². The van der Waals surface area contributed by atoms with Gasteiger partial charge < -0.3 is 0 Å². The summed E-state index contributed by atoms with van der Waals surface area (Å²) in [5.74, 6) is 0.698. The number of allylic oxidation sites excluding steroid dienone is 4. The van der Waals surface area contributed by atoms with E-state index >= 15 is 0 Å². The SMILES string of the molecule is C\C=C(/C=C(CC(C)CC)\C(=C\CCC)CC)CN1CC(C)(F)C1. The Morgan fingerprint density at radius 3 is 2.33 bits per heavy atom. The highest BCUT2D eigenvalue weighted by Gasteiger charge is 2.38. The molecule has 0 aromatic carbocycles. The van der Waals surface area contributed by atoms with E-state index in [0.29, 0.717) is 19.0 Å². The van der Waals surface area contributed by atoms with Crippen LogP contribution in [0.3, 0.4) is 0 Å². The molecule has 1 unspecified atom stereocenters. The third-order valence-corrected chi connectivity index (χ3v) is 4.98. The number of rotatable bonds is 10. The molecule has 1 fully saturated rings. The van der Waals surface area contributed by atoms with Crippen LogP contribution in [-0.2, 0) is 0 Å². The van der Waals surface area contributed by atoms with Crippen molar-refractivity contribution in [3.8, 4) is 0 Å². The van der Waals surface area contributed by atoms with Gasteiger partial charge in [-0.25, -0.2) is 4.39 Å². The average Bonchev–Trinajstić information content (AvgIpc) is 2.52. The maximum atomic E-state index is 13.7. The van der Waals surface area contributed by atoms with E-state index in [-0.39, 0.29) is 0 Å². The minimum absolute atomic E-state index is 0.561. The van der Waals surface area contributed by atoms with Crippen molar-refractivity contribution in [1.82, 2.24) is 4.90 Å². The molecule has 0 saturated carbocycles. The summed E-state index contributed by atoms with van der Waals surface area (Å²) < 4.78 is 13.7. The summed E-state index contributed by atoms with van der Waals surface area (Å²) in [7, 11) is 0. The monoisotopic (exact) mass is 335 g/mol. The van der Waals surface area contributed by atoms with Crippen molar-refractivity contribution in [2.45, 2.75) is 79.3 Å². The Bertz CT molecular complexity index is 462. The second kappa shape index (κ2) is 10.2. The lowest BCUT2D eigenvalue weighted by atomic mass is 9.89. The van der Waals surface area contributed by atoms with Crippen molar-refractivity contribution < 1.29 is 4.39 Å². The Hall–Kier alpha value is -0.890. The lowest BCUT2D eigenvalue weighted by molar-refractivity contribution is -0.0105. The molecule has 138 valence electrons. The van der Waals surface area contributed by atoms with Crippen LogP contribution >= 0.6 is 0 Å². The summed E-state index contributed by atoms with van der Waals surface area (Å²) in [5.41, 5.74) is 3.31. The zero-order valence-electron chi connectivity index (χ0n) is 16.8.